The fourth-order valence-electron chi connectivity index (χ4n) is 3.42. The van der Waals surface area contributed by atoms with Crippen LogP contribution in [0.2, 0.25) is 0 Å². The van der Waals surface area contributed by atoms with Gasteiger partial charge in [0, 0.05) is 38.3 Å². The third-order valence-electron chi connectivity index (χ3n) is 4.82. The number of nitrogens with one attached hydrogen (secondary N) is 1. The lowest BCUT2D eigenvalue weighted by molar-refractivity contribution is -0.135. The lowest BCUT2D eigenvalue weighted by Gasteiger charge is -2.40. The summed E-state index contributed by atoms with van der Waals surface area (Å²) in [6.07, 6.45) is 1.42. The zero-order valence-electron chi connectivity index (χ0n) is 14.9. The number of hydrogen-bond donors (Lipinski definition) is 1. The molecular weight excluding hydrogens is 362 g/mol. The Labute approximate surface area is 152 Å². The van der Waals surface area contributed by atoms with Crippen LogP contribution < -0.4 is 5.32 Å². The van der Waals surface area contributed by atoms with Crippen molar-refractivity contribution < 1.29 is 27.2 Å². The van der Waals surface area contributed by atoms with Gasteiger partial charge in [-0.15, -0.1) is 0 Å². The molecule has 0 aliphatic carbocycles. The van der Waals surface area contributed by atoms with Crippen LogP contribution in [0.3, 0.4) is 0 Å². The molecule has 9 nitrogen and oxygen atoms in total. The van der Waals surface area contributed by atoms with Gasteiger partial charge in [-0.05, 0) is 19.8 Å². The molecule has 1 amide bonds. The van der Waals surface area contributed by atoms with E-state index in [1.54, 1.807) is 4.90 Å². The average molecular weight is 385 g/mol. The van der Waals surface area contributed by atoms with Gasteiger partial charge in [0.25, 0.3) is 10.0 Å². The van der Waals surface area contributed by atoms with Crippen molar-refractivity contribution >= 4 is 21.9 Å². The molecule has 2 saturated heterocycles. The van der Waals surface area contributed by atoms with Crippen molar-refractivity contribution in [2.45, 2.75) is 30.9 Å². The SMILES string of the molecule is COC(=O)c1cc(S(=O)(=O)N2CCCC(N3CCNCC3=O)C2)oc1C. The topological polar surface area (TPSA) is 109 Å². The first-order chi connectivity index (χ1) is 12.3. The number of ether oxygens (including phenoxy) is 1. The summed E-state index contributed by atoms with van der Waals surface area (Å²) in [6.45, 7) is 3.65. The molecule has 2 fully saturated rings. The van der Waals surface area contributed by atoms with Gasteiger partial charge >= 0.3 is 5.97 Å². The highest BCUT2D eigenvalue weighted by molar-refractivity contribution is 7.89. The second-order valence-electron chi connectivity index (χ2n) is 6.45. The van der Waals surface area contributed by atoms with Crippen LogP contribution in [0.1, 0.15) is 29.0 Å². The second kappa shape index (κ2) is 7.37. The van der Waals surface area contributed by atoms with Crippen LogP contribution in [0.25, 0.3) is 0 Å². The minimum atomic E-state index is -3.89. The molecule has 1 unspecified atom stereocenters. The van der Waals surface area contributed by atoms with E-state index >= 15 is 0 Å². The van der Waals surface area contributed by atoms with Crippen LogP contribution in [0.5, 0.6) is 0 Å². The molecular formula is C16H23N3O6S. The van der Waals surface area contributed by atoms with Gasteiger partial charge in [0.2, 0.25) is 11.0 Å². The Balaban J connectivity index is 1.81. The highest BCUT2D eigenvalue weighted by atomic mass is 32.2. The van der Waals surface area contributed by atoms with Crippen LogP contribution >= 0.6 is 0 Å². The summed E-state index contributed by atoms with van der Waals surface area (Å²) in [5, 5.41) is 2.74. The molecule has 1 aromatic heterocycles. The average Bonchev–Trinajstić information content (AvgIpc) is 3.04. The summed E-state index contributed by atoms with van der Waals surface area (Å²) in [4.78, 5) is 25.6. The van der Waals surface area contributed by atoms with Crippen molar-refractivity contribution in [1.82, 2.24) is 14.5 Å². The Morgan fingerprint density at radius 2 is 2.15 bits per heavy atom. The number of aryl methyl sites for hydroxylation is 1. The van der Waals surface area contributed by atoms with Crippen LogP contribution in [-0.2, 0) is 19.6 Å². The molecule has 0 spiro atoms. The number of furan rings is 1. The summed E-state index contributed by atoms with van der Waals surface area (Å²) in [7, 11) is -2.66. The predicted molar refractivity (Wildman–Crippen MR) is 91.1 cm³/mol. The van der Waals surface area contributed by atoms with E-state index in [1.165, 1.54) is 24.4 Å². The third-order valence-corrected chi connectivity index (χ3v) is 6.54. The molecule has 3 rings (SSSR count). The van der Waals surface area contributed by atoms with Crippen molar-refractivity contribution in [2.24, 2.45) is 0 Å². The van der Waals surface area contributed by atoms with Crippen molar-refractivity contribution in [3.8, 4) is 0 Å². The highest BCUT2D eigenvalue weighted by Gasteiger charge is 2.37. The highest BCUT2D eigenvalue weighted by Crippen LogP contribution is 2.27. The van der Waals surface area contributed by atoms with Gasteiger partial charge in [-0.3, -0.25) is 4.79 Å². The van der Waals surface area contributed by atoms with E-state index in [0.29, 0.717) is 26.1 Å². The lowest BCUT2D eigenvalue weighted by Crippen LogP contribution is -2.57. The van der Waals surface area contributed by atoms with Crippen LogP contribution in [0.15, 0.2) is 15.6 Å². The first-order valence-electron chi connectivity index (χ1n) is 8.53. The first-order valence-corrected chi connectivity index (χ1v) is 9.97. The maximum absolute atomic E-state index is 12.9. The molecule has 3 heterocycles. The van der Waals surface area contributed by atoms with Crippen LogP contribution in [0.4, 0.5) is 0 Å². The number of sulfonamides is 1. The van der Waals surface area contributed by atoms with E-state index in [9.17, 15) is 18.0 Å². The summed E-state index contributed by atoms with van der Waals surface area (Å²) >= 11 is 0. The lowest BCUT2D eigenvalue weighted by atomic mass is 10.1. The Hall–Kier alpha value is -1.91. The summed E-state index contributed by atoms with van der Waals surface area (Å²) in [5.74, 6) is -0.459. The molecule has 2 aliphatic rings. The van der Waals surface area contributed by atoms with E-state index in [-0.39, 0.29) is 41.5 Å². The summed E-state index contributed by atoms with van der Waals surface area (Å²) in [5.41, 5.74) is 0.0944. The van der Waals surface area contributed by atoms with Gasteiger partial charge in [0.15, 0.2) is 0 Å². The van der Waals surface area contributed by atoms with Crippen molar-refractivity contribution in [2.75, 3.05) is 39.8 Å². The van der Waals surface area contributed by atoms with E-state index in [2.05, 4.69) is 10.1 Å². The Bertz CT molecular complexity index is 803. The number of carbonyl (C=O) groups is 2. The van der Waals surface area contributed by atoms with E-state index in [0.717, 1.165) is 6.42 Å². The maximum Gasteiger partial charge on any atom is 0.341 e. The number of nitrogens with zero attached hydrogens (tertiary/aromatic N) is 2. The zero-order chi connectivity index (χ0) is 18.9. The molecule has 1 atom stereocenters. The van der Waals surface area contributed by atoms with E-state index in [1.807, 2.05) is 0 Å². The van der Waals surface area contributed by atoms with Gasteiger partial charge in [-0.25, -0.2) is 13.2 Å². The number of piperazine rings is 1. The first kappa shape index (κ1) is 18.9. The number of hydrogen-bond acceptors (Lipinski definition) is 7. The van der Waals surface area contributed by atoms with Gasteiger partial charge < -0.3 is 19.4 Å². The zero-order valence-corrected chi connectivity index (χ0v) is 15.7. The number of rotatable bonds is 4. The standard InChI is InChI=1S/C16H23N3O6S/c1-11-13(16(21)24-2)8-15(25-11)26(22,23)18-6-3-4-12(10-18)19-7-5-17-9-14(19)20/h8,12,17H,3-7,9-10H2,1-2H3. The van der Waals surface area contributed by atoms with Crippen LogP contribution in [0, 0.1) is 6.92 Å². The minimum absolute atomic E-state index is 0.0117. The molecule has 0 radical (unpaired) electrons. The largest absolute Gasteiger partial charge is 0.465 e. The van der Waals surface area contributed by atoms with E-state index in [4.69, 9.17) is 4.42 Å². The third kappa shape index (κ3) is 3.49. The summed E-state index contributed by atoms with van der Waals surface area (Å²) < 4.78 is 37.2. The normalized spacial score (nSPS) is 22.5. The monoisotopic (exact) mass is 385 g/mol. The number of piperidine rings is 1. The molecule has 0 bridgehead atoms. The molecule has 10 heteroatoms. The minimum Gasteiger partial charge on any atom is -0.465 e. The predicted octanol–water partition coefficient (Wildman–Crippen LogP) is -0.0405. The Morgan fingerprint density at radius 3 is 2.85 bits per heavy atom. The molecule has 144 valence electrons. The number of amides is 1. The van der Waals surface area contributed by atoms with Gasteiger partial charge in [0.05, 0.1) is 13.7 Å². The second-order valence-corrected chi connectivity index (χ2v) is 8.32. The van der Waals surface area contributed by atoms with Gasteiger partial charge in [-0.2, -0.15) is 4.31 Å². The van der Waals surface area contributed by atoms with Crippen molar-refractivity contribution in [3.63, 3.8) is 0 Å². The Kier molecular flexibility index (Phi) is 5.35. The van der Waals surface area contributed by atoms with E-state index < -0.39 is 16.0 Å². The summed E-state index contributed by atoms with van der Waals surface area (Å²) in [6, 6.07) is 1.06. The van der Waals surface area contributed by atoms with Crippen LogP contribution in [-0.4, -0.2) is 75.4 Å². The Morgan fingerprint density at radius 1 is 1.38 bits per heavy atom. The molecule has 2 aliphatic heterocycles. The number of carbonyl (C=O) groups excluding carboxylic acids is 2. The van der Waals surface area contributed by atoms with Crippen molar-refractivity contribution in [3.05, 3.63) is 17.4 Å². The molecule has 0 aromatic carbocycles. The van der Waals surface area contributed by atoms with Crippen molar-refractivity contribution in [1.29, 1.82) is 0 Å². The smallest absolute Gasteiger partial charge is 0.341 e. The maximum atomic E-state index is 12.9. The quantitative estimate of drug-likeness (QED) is 0.724. The molecule has 0 saturated carbocycles. The molecule has 26 heavy (non-hydrogen) atoms. The van der Waals surface area contributed by atoms with Gasteiger partial charge in [0.1, 0.15) is 11.3 Å². The molecule has 1 aromatic rings. The van der Waals surface area contributed by atoms with Gasteiger partial charge in [-0.1, -0.05) is 0 Å². The fraction of sp³-hybridized carbons (Fsp3) is 0.625. The number of esters is 1. The fourth-order valence-corrected chi connectivity index (χ4v) is 4.91. The molecule has 1 N–H and O–H groups in total. The number of methoxy groups -OCH3 is 1.